The van der Waals surface area contributed by atoms with Gasteiger partial charge in [0.15, 0.2) is 0 Å². The van der Waals surface area contributed by atoms with Gasteiger partial charge < -0.3 is 5.32 Å². The second-order valence-corrected chi connectivity index (χ2v) is 4.77. The molecule has 0 aliphatic carbocycles. The summed E-state index contributed by atoms with van der Waals surface area (Å²) in [5, 5.41) is 4.90. The molecule has 0 saturated carbocycles. The molecule has 0 spiro atoms. The van der Waals surface area contributed by atoms with Gasteiger partial charge in [-0.1, -0.05) is 6.07 Å². The van der Waals surface area contributed by atoms with E-state index in [0.29, 0.717) is 6.54 Å². The number of hydrogen-bond donors (Lipinski definition) is 1. The summed E-state index contributed by atoms with van der Waals surface area (Å²) in [7, 11) is 0. The standard InChI is InChI=1S/C14H14N2OS/c17-14(4-3-12-5-8-15-9-6-12)16-10-7-13-2-1-11-18-13/h1-6,8-9,11H,7,10H2,(H,16,17)/b4-3+. The zero-order valence-electron chi connectivity index (χ0n) is 9.87. The predicted molar refractivity (Wildman–Crippen MR) is 74.3 cm³/mol. The highest BCUT2D eigenvalue weighted by molar-refractivity contribution is 7.09. The molecule has 18 heavy (non-hydrogen) atoms. The van der Waals surface area contributed by atoms with Crippen molar-refractivity contribution >= 4 is 23.3 Å². The van der Waals surface area contributed by atoms with Crippen LogP contribution in [-0.4, -0.2) is 17.4 Å². The van der Waals surface area contributed by atoms with Crippen molar-refractivity contribution in [3.63, 3.8) is 0 Å². The molecule has 2 aromatic rings. The number of pyridine rings is 1. The SMILES string of the molecule is O=C(/C=C/c1ccncc1)NCCc1cccs1. The number of carbonyl (C=O) groups excluding carboxylic acids is 1. The summed E-state index contributed by atoms with van der Waals surface area (Å²) in [6, 6.07) is 7.81. The van der Waals surface area contributed by atoms with Crippen LogP contribution in [0.25, 0.3) is 6.08 Å². The maximum atomic E-state index is 11.5. The molecule has 1 N–H and O–H groups in total. The molecule has 0 atom stereocenters. The quantitative estimate of drug-likeness (QED) is 0.837. The molecule has 2 rings (SSSR count). The smallest absolute Gasteiger partial charge is 0.244 e. The summed E-state index contributed by atoms with van der Waals surface area (Å²) in [6.45, 7) is 0.667. The lowest BCUT2D eigenvalue weighted by atomic mass is 10.2. The third-order valence-corrected chi connectivity index (χ3v) is 3.32. The Morgan fingerprint density at radius 3 is 2.89 bits per heavy atom. The first kappa shape index (κ1) is 12.5. The molecule has 0 radical (unpaired) electrons. The Bertz CT molecular complexity index is 506. The van der Waals surface area contributed by atoms with Crippen molar-refractivity contribution in [2.24, 2.45) is 0 Å². The number of rotatable bonds is 5. The number of nitrogens with one attached hydrogen (secondary N) is 1. The van der Waals surface area contributed by atoms with Gasteiger partial charge in [-0.15, -0.1) is 11.3 Å². The van der Waals surface area contributed by atoms with Crippen molar-refractivity contribution in [1.29, 1.82) is 0 Å². The molecule has 3 nitrogen and oxygen atoms in total. The van der Waals surface area contributed by atoms with Gasteiger partial charge in [0.05, 0.1) is 0 Å². The van der Waals surface area contributed by atoms with Gasteiger partial charge in [-0.05, 0) is 41.6 Å². The lowest BCUT2D eigenvalue weighted by Crippen LogP contribution is -2.23. The zero-order valence-corrected chi connectivity index (χ0v) is 10.7. The van der Waals surface area contributed by atoms with E-state index < -0.39 is 0 Å². The molecule has 0 aliphatic heterocycles. The molecule has 0 unspecified atom stereocenters. The molecular formula is C14H14N2OS. The van der Waals surface area contributed by atoms with Crippen LogP contribution < -0.4 is 5.32 Å². The summed E-state index contributed by atoms with van der Waals surface area (Å²) in [4.78, 5) is 16.7. The predicted octanol–water partition coefficient (Wildman–Crippen LogP) is 2.52. The first-order valence-electron chi connectivity index (χ1n) is 5.73. The van der Waals surface area contributed by atoms with Crippen LogP contribution in [0.3, 0.4) is 0 Å². The largest absolute Gasteiger partial charge is 0.352 e. The lowest BCUT2D eigenvalue weighted by Gasteiger charge is -2.00. The van der Waals surface area contributed by atoms with Crippen LogP contribution in [0.2, 0.25) is 0 Å². The molecule has 4 heteroatoms. The number of amides is 1. The summed E-state index contributed by atoms with van der Waals surface area (Å²) in [5.41, 5.74) is 0.971. The molecule has 0 fully saturated rings. The van der Waals surface area contributed by atoms with Crippen molar-refractivity contribution < 1.29 is 4.79 Å². The van der Waals surface area contributed by atoms with Crippen LogP contribution >= 0.6 is 11.3 Å². The van der Waals surface area contributed by atoms with Gasteiger partial charge in [0.1, 0.15) is 0 Å². The second kappa shape index (κ2) is 6.71. The van der Waals surface area contributed by atoms with Crippen LogP contribution in [-0.2, 0) is 11.2 Å². The molecule has 2 heterocycles. The molecule has 0 bridgehead atoms. The van der Waals surface area contributed by atoms with E-state index in [0.717, 1.165) is 12.0 Å². The van der Waals surface area contributed by atoms with Gasteiger partial charge in [-0.2, -0.15) is 0 Å². The topological polar surface area (TPSA) is 42.0 Å². The minimum atomic E-state index is -0.0663. The van der Waals surface area contributed by atoms with E-state index in [4.69, 9.17) is 0 Å². The fourth-order valence-electron chi connectivity index (χ4n) is 1.47. The molecule has 0 aliphatic rings. The van der Waals surface area contributed by atoms with Crippen LogP contribution in [0.4, 0.5) is 0 Å². The highest BCUT2D eigenvalue weighted by Crippen LogP contribution is 2.08. The van der Waals surface area contributed by atoms with E-state index in [2.05, 4.69) is 16.4 Å². The highest BCUT2D eigenvalue weighted by atomic mass is 32.1. The second-order valence-electron chi connectivity index (χ2n) is 3.73. The van der Waals surface area contributed by atoms with Gasteiger partial charge in [-0.3, -0.25) is 9.78 Å². The Morgan fingerprint density at radius 2 is 2.17 bits per heavy atom. The van der Waals surface area contributed by atoms with Crippen molar-refractivity contribution in [3.8, 4) is 0 Å². The maximum absolute atomic E-state index is 11.5. The number of aromatic nitrogens is 1. The van der Waals surface area contributed by atoms with Gasteiger partial charge in [0.25, 0.3) is 0 Å². The minimum Gasteiger partial charge on any atom is -0.352 e. The zero-order chi connectivity index (χ0) is 12.6. The number of carbonyl (C=O) groups is 1. The average Bonchev–Trinajstić information content (AvgIpc) is 2.91. The Hall–Kier alpha value is -1.94. The van der Waals surface area contributed by atoms with Crippen LogP contribution in [0.1, 0.15) is 10.4 Å². The minimum absolute atomic E-state index is 0.0663. The summed E-state index contributed by atoms with van der Waals surface area (Å²) in [5.74, 6) is -0.0663. The maximum Gasteiger partial charge on any atom is 0.244 e. The monoisotopic (exact) mass is 258 g/mol. The van der Waals surface area contributed by atoms with E-state index >= 15 is 0 Å². The first-order chi connectivity index (χ1) is 8.84. The van der Waals surface area contributed by atoms with E-state index in [1.807, 2.05) is 23.6 Å². The molecule has 0 saturated heterocycles. The Kier molecular flexibility index (Phi) is 4.67. The molecule has 92 valence electrons. The van der Waals surface area contributed by atoms with Gasteiger partial charge in [0.2, 0.25) is 5.91 Å². The number of hydrogen-bond acceptors (Lipinski definition) is 3. The molecule has 2 aromatic heterocycles. The van der Waals surface area contributed by atoms with Crippen LogP contribution in [0.15, 0.2) is 48.1 Å². The molecular weight excluding hydrogens is 244 g/mol. The third-order valence-electron chi connectivity index (χ3n) is 2.38. The van der Waals surface area contributed by atoms with Crippen molar-refractivity contribution in [3.05, 3.63) is 58.6 Å². The Balaban J connectivity index is 1.74. The van der Waals surface area contributed by atoms with Crippen molar-refractivity contribution in [2.75, 3.05) is 6.54 Å². The summed E-state index contributed by atoms with van der Waals surface area (Å²) in [6.07, 6.45) is 7.61. The fourth-order valence-corrected chi connectivity index (χ4v) is 2.18. The van der Waals surface area contributed by atoms with E-state index in [-0.39, 0.29) is 5.91 Å². The van der Waals surface area contributed by atoms with E-state index in [1.165, 1.54) is 4.88 Å². The van der Waals surface area contributed by atoms with E-state index in [1.54, 1.807) is 35.9 Å². The third kappa shape index (κ3) is 4.14. The fraction of sp³-hybridized carbons (Fsp3) is 0.143. The van der Waals surface area contributed by atoms with Crippen molar-refractivity contribution in [1.82, 2.24) is 10.3 Å². The van der Waals surface area contributed by atoms with Gasteiger partial charge >= 0.3 is 0 Å². The van der Waals surface area contributed by atoms with E-state index in [9.17, 15) is 4.79 Å². The summed E-state index contributed by atoms with van der Waals surface area (Å²) >= 11 is 1.71. The normalized spacial score (nSPS) is 10.7. The van der Waals surface area contributed by atoms with Gasteiger partial charge in [-0.25, -0.2) is 0 Å². The Labute approximate surface area is 110 Å². The van der Waals surface area contributed by atoms with Crippen molar-refractivity contribution in [2.45, 2.75) is 6.42 Å². The number of nitrogens with zero attached hydrogens (tertiary/aromatic N) is 1. The van der Waals surface area contributed by atoms with Gasteiger partial charge in [0, 0.05) is 29.9 Å². The summed E-state index contributed by atoms with van der Waals surface area (Å²) < 4.78 is 0. The first-order valence-corrected chi connectivity index (χ1v) is 6.61. The highest BCUT2D eigenvalue weighted by Gasteiger charge is 1.96. The Morgan fingerprint density at radius 1 is 1.33 bits per heavy atom. The number of thiophene rings is 1. The van der Waals surface area contributed by atoms with Crippen LogP contribution in [0.5, 0.6) is 0 Å². The molecule has 0 aromatic carbocycles. The average molecular weight is 258 g/mol. The molecule has 1 amide bonds. The van der Waals surface area contributed by atoms with Crippen LogP contribution in [0, 0.1) is 0 Å². The lowest BCUT2D eigenvalue weighted by molar-refractivity contribution is -0.116.